The van der Waals surface area contributed by atoms with Gasteiger partial charge in [-0.2, -0.15) is 0 Å². The predicted molar refractivity (Wildman–Crippen MR) is 42.8 cm³/mol. The molecule has 1 saturated heterocycles. The van der Waals surface area contributed by atoms with E-state index in [0.29, 0.717) is 6.67 Å². The Hall–Kier alpha value is -0.610. The first-order chi connectivity index (χ1) is 5.33. The van der Waals surface area contributed by atoms with Crippen molar-refractivity contribution in [2.45, 2.75) is 0 Å². The van der Waals surface area contributed by atoms with Crippen molar-refractivity contribution in [1.82, 2.24) is 15.1 Å². The Labute approximate surface area is 67.2 Å². The van der Waals surface area contributed by atoms with E-state index < -0.39 is 0 Å². The number of hydrogen-bond donors (Lipinski definition) is 1. The zero-order valence-electron chi connectivity index (χ0n) is 6.84. The Balaban J connectivity index is 2.12. The molecule has 1 heterocycles. The van der Waals surface area contributed by atoms with Gasteiger partial charge in [0.15, 0.2) is 0 Å². The lowest BCUT2D eigenvalue weighted by atomic mass is 10.3. The number of rotatable bonds is 3. The molecule has 1 amide bonds. The van der Waals surface area contributed by atoms with E-state index in [9.17, 15) is 4.79 Å². The Morgan fingerprint density at radius 1 is 1.36 bits per heavy atom. The standard InChI is InChI=1S/C7H14N3O/c1-9-2-4-10(5-3-9)6-8-7-11/h2-6H2,1H3,(H,8,11). The van der Waals surface area contributed by atoms with Gasteiger partial charge in [0.2, 0.25) is 0 Å². The first-order valence-corrected chi connectivity index (χ1v) is 3.84. The molecule has 0 aromatic heterocycles. The molecule has 4 heteroatoms. The Bertz CT molecular complexity index is 121. The highest BCUT2D eigenvalue weighted by Crippen LogP contribution is 1.95. The fourth-order valence-corrected chi connectivity index (χ4v) is 1.15. The molecule has 0 atom stereocenters. The highest BCUT2D eigenvalue weighted by Gasteiger charge is 2.12. The van der Waals surface area contributed by atoms with Gasteiger partial charge in [0.1, 0.15) is 0 Å². The highest BCUT2D eigenvalue weighted by molar-refractivity contribution is 5.46. The van der Waals surface area contributed by atoms with Crippen LogP contribution in [0.2, 0.25) is 0 Å². The summed E-state index contributed by atoms with van der Waals surface area (Å²) in [4.78, 5) is 14.3. The minimum Gasteiger partial charge on any atom is -0.335 e. The van der Waals surface area contributed by atoms with Gasteiger partial charge in [0, 0.05) is 26.2 Å². The summed E-state index contributed by atoms with van der Waals surface area (Å²) in [7, 11) is 2.11. The van der Waals surface area contributed by atoms with Crippen molar-refractivity contribution < 1.29 is 4.79 Å². The van der Waals surface area contributed by atoms with E-state index in [0.717, 1.165) is 26.2 Å². The van der Waals surface area contributed by atoms with Gasteiger partial charge in [-0.3, -0.25) is 9.69 Å². The van der Waals surface area contributed by atoms with Gasteiger partial charge in [0.25, 0.3) is 0 Å². The van der Waals surface area contributed by atoms with Crippen molar-refractivity contribution in [2.24, 2.45) is 0 Å². The molecule has 1 radical (unpaired) electrons. The number of carbonyl (C=O) groups excluding carboxylic acids is 1. The van der Waals surface area contributed by atoms with Crippen LogP contribution in [0.15, 0.2) is 0 Å². The SMILES string of the molecule is CN1CCN(CN[C]=O)CC1. The molecule has 1 aliphatic heterocycles. The van der Waals surface area contributed by atoms with E-state index in [-0.39, 0.29) is 0 Å². The second-order valence-electron chi connectivity index (χ2n) is 2.86. The van der Waals surface area contributed by atoms with Crippen LogP contribution in [0.5, 0.6) is 0 Å². The van der Waals surface area contributed by atoms with Crippen LogP contribution in [-0.2, 0) is 4.79 Å². The molecule has 0 aromatic carbocycles. The van der Waals surface area contributed by atoms with E-state index in [1.54, 1.807) is 6.41 Å². The molecular formula is C7H14N3O. The molecular weight excluding hydrogens is 142 g/mol. The van der Waals surface area contributed by atoms with Crippen LogP contribution < -0.4 is 5.32 Å². The van der Waals surface area contributed by atoms with Crippen LogP contribution >= 0.6 is 0 Å². The normalized spacial score (nSPS) is 21.5. The molecule has 1 fully saturated rings. The number of nitrogens with one attached hydrogen (secondary N) is 1. The Morgan fingerprint density at radius 2 is 2.00 bits per heavy atom. The number of likely N-dealkylation sites (N-methyl/N-ethyl adjacent to an activating group) is 1. The summed E-state index contributed by atoms with van der Waals surface area (Å²) in [5.74, 6) is 0. The first-order valence-electron chi connectivity index (χ1n) is 3.84. The maximum atomic E-state index is 9.84. The molecule has 63 valence electrons. The van der Waals surface area contributed by atoms with E-state index in [1.165, 1.54) is 0 Å². The van der Waals surface area contributed by atoms with Crippen LogP contribution in [0.3, 0.4) is 0 Å². The molecule has 1 aliphatic rings. The maximum Gasteiger partial charge on any atom is 0.310 e. The number of hydrogen-bond acceptors (Lipinski definition) is 3. The highest BCUT2D eigenvalue weighted by atomic mass is 16.1. The van der Waals surface area contributed by atoms with Gasteiger partial charge in [0.05, 0.1) is 6.67 Å². The largest absolute Gasteiger partial charge is 0.335 e. The van der Waals surface area contributed by atoms with Crippen LogP contribution in [0.1, 0.15) is 0 Å². The minimum atomic E-state index is 0.636. The van der Waals surface area contributed by atoms with E-state index >= 15 is 0 Å². The lowest BCUT2D eigenvalue weighted by molar-refractivity contribution is 0.151. The summed E-state index contributed by atoms with van der Waals surface area (Å²) in [6, 6.07) is 0. The van der Waals surface area contributed by atoms with Crippen LogP contribution in [0.25, 0.3) is 0 Å². The molecule has 0 bridgehead atoms. The third kappa shape index (κ3) is 2.86. The molecule has 4 nitrogen and oxygen atoms in total. The van der Waals surface area contributed by atoms with Crippen molar-refractivity contribution in [2.75, 3.05) is 39.9 Å². The summed E-state index contributed by atoms with van der Waals surface area (Å²) in [6.45, 7) is 4.87. The number of nitrogens with zero attached hydrogens (tertiary/aromatic N) is 2. The van der Waals surface area contributed by atoms with Crippen molar-refractivity contribution in [1.29, 1.82) is 0 Å². The fourth-order valence-electron chi connectivity index (χ4n) is 1.15. The summed E-state index contributed by atoms with van der Waals surface area (Å²) >= 11 is 0. The van der Waals surface area contributed by atoms with Gasteiger partial charge in [-0.25, -0.2) is 0 Å². The molecule has 1 N–H and O–H groups in total. The molecule has 0 saturated carbocycles. The summed E-state index contributed by atoms with van der Waals surface area (Å²) < 4.78 is 0. The van der Waals surface area contributed by atoms with Crippen molar-refractivity contribution in [3.63, 3.8) is 0 Å². The summed E-state index contributed by atoms with van der Waals surface area (Å²) in [5.41, 5.74) is 0. The predicted octanol–water partition coefficient (Wildman–Crippen LogP) is -1.15. The summed E-state index contributed by atoms with van der Waals surface area (Å²) in [5, 5.41) is 2.53. The Kier molecular flexibility index (Phi) is 3.32. The monoisotopic (exact) mass is 156 g/mol. The average Bonchev–Trinajstić information content (AvgIpc) is 2.04. The quantitative estimate of drug-likeness (QED) is 0.524. The first kappa shape index (κ1) is 8.49. The fraction of sp³-hybridized carbons (Fsp3) is 0.857. The van der Waals surface area contributed by atoms with E-state index in [1.807, 2.05) is 0 Å². The number of amides is 1. The van der Waals surface area contributed by atoms with E-state index in [4.69, 9.17) is 0 Å². The molecule has 0 unspecified atom stereocenters. The topological polar surface area (TPSA) is 35.6 Å². The second kappa shape index (κ2) is 4.31. The van der Waals surface area contributed by atoms with Crippen molar-refractivity contribution in [3.8, 4) is 0 Å². The van der Waals surface area contributed by atoms with Crippen LogP contribution in [-0.4, -0.2) is 56.1 Å². The van der Waals surface area contributed by atoms with Crippen LogP contribution in [0, 0.1) is 0 Å². The summed E-state index contributed by atoms with van der Waals surface area (Å²) in [6.07, 6.45) is 1.67. The van der Waals surface area contributed by atoms with Gasteiger partial charge in [-0.15, -0.1) is 0 Å². The molecule has 11 heavy (non-hydrogen) atoms. The molecule has 0 aliphatic carbocycles. The lowest BCUT2D eigenvalue weighted by Gasteiger charge is -2.31. The molecule has 0 aromatic rings. The zero-order chi connectivity index (χ0) is 8.10. The molecule has 1 rings (SSSR count). The van der Waals surface area contributed by atoms with Crippen molar-refractivity contribution in [3.05, 3.63) is 0 Å². The van der Waals surface area contributed by atoms with Gasteiger partial charge in [-0.1, -0.05) is 0 Å². The van der Waals surface area contributed by atoms with Gasteiger partial charge >= 0.3 is 6.41 Å². The number of piperazine rings is 1. The smallest absolute Gasteiger partial charge is 0.310 e. The minimum absolute atomic E-state index is 0.636. The molecule has 0 spiro atoms. The second-order valence-corrected chi connectivity index (χ2v) is 2.86. The lowest BCUT2D eigenvalue weighted by Crippen LogP contribution is -2.47. The average molecular weight is 156 g/mol. The van der Waals surface area contributed by atoms with Crippen molar-refractivity contribution >= 4 is 6.41 Å². The van der Waals surface area contributed by atoms with Crippen LogP contribution in [0.4, 0.5) is 0 Å². The van der Waals surface area contributed by atoms with E-state index in [2.05, 4.69) is 22.2 Å². The van der Waals surface area contributed by atoms with Gasteiger partial charge in [-0.05, 0) is 7.05 Å². The third-order valence-electron chi connectivity index (χ3n) is 1.97. The zero-order valence-corrected chi connectivity index (χ0v) is 6.84. The maximum absolute atomic E-state index is 9.84. The third-order valence-corrected chi connectivity index (χ3v) is 1.97. The van der Waals surface area contributed by atoms with Gasteiger partial charge < -0.3 is 10.2 Å². The Morgan fingerprint density at radius 3 is 2.55 bits per heavy atom.